The molecule has 0 aliphatic heterocycles. The maximum atomic E-state index is 5.70. The first kappa shape index (κ1) is 9.96. The third kappa shape index (κ3) is 3.09. The van der Waals surface area contributed by atoms with Crippen LogP contribution in [0.25, 0.3) is 0 Å². The van der Waals surface area contributed by atoms with Crippen molar-refractivity contribution < 1.29 is 0 Å². The number of nitrogens with one attached hydrogen (secondary N) is 1. The second-order valence-electron chi connectivity index (χ2n) is 4.26. The maximum Gasteiger partial charge on any atom is 0.0169 e. The normalized spacial score (nSPS) is 31.8. The molecule has 0 aromatic carbocycles. The van der Waals surface area contributed by atoms with E-state index in [9.17, 15) is 0 Å². The zero-order chi connectivity index (χ0) is 9.14. The number of nitrogens with two attached hydrogens (primary N) is 1. The molecule has 3 nitrogen and oxygen atoms in total. The second-order valence-corrected chi connectivity index (χ2v) is 4.26. The average molecular weight is 171 g/mol. The van der Waals surface area contributed by atoms with Gasteiger partial charge in [0.25, 0.3) is 0 Å². The smallest absolute Gasteiger partial charge is 0.0169 e. The molecule has 0 radical (unpaired) electrons. The Labute approximate surface area is 75.3 Å². The predicted octanol–water partition coefficient (Wildman–Crippen LogP) is 0.0158. The lowest BCUT2D eigenvalue weighted by atomic mass is 9.87. The highest BCUT2D eigenvalue weighted by Gasteiger charge is 2.26. The highest BCUT2D eigenvalue weighted by Crippen LogP contribution is 2.17. The second kappa shape index (κ2) is 4.21. The Balaban J connectivity index is 2.06. The molecule has 12 heavy (non-hydrogen) atoms. The molecule has 3 N–H and O–H groups in total. The van der Waals surface area contributed by atoms with Crippen molar-refractivity contribution in [2.24, 2.45) is 5.73 Å². The van der Waals surface area contributed by atoms with E-state index in [1.165, 1.54) is 0 Å². The van der Waals surface area contributed by atoms with Gasteiger partial charge in [-0.15, -0.1) is 0 Å². The van der Waals surface area contributed by atoms with Crippen LogP contribution in [0.3, 0.4) is 0 Å². The summed E-state index contributed by atoms with van der Waals surface area (Å²) in [5.74, 6) is 0. The van der Waals surface area contributed by atoms with Gasteiger partial charge in [0.15, 0.2) is 0 Å². The largest absolute Gasteiger partial charge is 0.328 e. The van der Waals surface area contributed by atoms with Crippen LogP contribution in [-0.2, 0) is 0 Å². The van der Waals surface area contributed by atoms with Gasteiger partial charge < -0.3 is 16.0 Å². The van der Waals surface area contributed by atoms with E-state index in [0.29, 0.717) is 18.1 Å². The minimum atomic E-state index is 0.453. The SMILES string of the molecule is CC(CN(C)C)NC1CC(N)C1. The van der Waals surface area contributed by atoms with Gasteiger partial charge in [-0.25, -0.2) is 0 Å². The van der Waals surface area contributed by atoms with Crippen LogP contribution in [0.5, 0.6) is 0 Å². The van der Waals surface area contributed by atoms with Crippen LogP contribution in [0.4, 0.5) is 0 Å². The zero-order valence-corrected chi connectivity index (χ0v) is 8.38. The fourth-order valence-electron chi connectivity index (χ4n) is 1.80. The molecule has 0 saturated heterocycles. The Morgan fingerprint density at radius 3 is 2.50 bits per heavy atom. The van der Waals surface area contributed by atoms with Crippen molar-refractivity contribution >= 4 is 0 Å². The summed E-state index contributed by atoms with van der Waals surface area (Å²) in [4.78, 5) is 2.20. The van der Waals surface area contributed by atoms with Gasteiger partial charge in [0.05, 0.1) is 0 Å². The molecule has 0 aromatic rings. The van der Waals surface area contributed by atoms with Crippen LogP contribution in [-0.4, -0.2) is 43.7 Å². The van der Waals surface area contributed by atoms with E-state index < -0.39 is 0 Å². The van der Waals surface area contributed by atoms with Gasteiger partial charge in [0.1, 0.15) is 0 Å². The molecule has 3 heteroatoms. The van der Waals surface area contributed by atoms with E-state index >= 15 is 0 Å². The molecule has 72 valence electrons. The van der Waals surface area contributed by atoms with Gasteiger partial charge in [0.2, 0.25) is 0 Å². The molecule has 0 heterocycles. The number of nitrogens with zero attached hydrogens (tertiary/aromatic N) is 1. The van der Waals surface area contributed by atoms with Crippen LogP contribution in [0, 0.1) is 0 Å². The van der Waals surface area contributed by atoms with Gasteiger partial charge in [-0.3, -0.25) is 0 Å². The lowest BCUT2D eigenvalue weighted by molar-refractivity contribution is 0.247. The number of hydrogen-bond donors (Lipinski definition) is 2. The number of hydrogen-bond acceptors (Lipinski definition) is 3. The summed E-state index contributed by atoms with van der Waals surface area (Å²) < 4.78 is 0. The molecule has 1 saturated carbocycles. The van der Waals surface area contributed by atoms with Crippen LogP contribution < -0.4 is 11.1 Å². The van der Waals surface area contributed by atoms with Gasteiger partial charge in [-0.05, 0) is 33.9 Å². The lowest BCUT2D eigenvalue weighted by Crippen LogP contribution is -2.52. The van der Waals surface area contributed by atoms with Crippen LogP contribution >= 0.6 is 0 Å². The van der Waals surface area contributed by atoms with Gasteiger partial charge in [-0.1, -0.05) is 0 Å². The maximum absolute atomic E-state index is 5.70. The third-order valence-electron chi connectivity index (χ3n) is 2.33. The van der Waals surface area contributed by atoms with E-state index in [1.807, 2.05) is 0 Å². The van der Waals surface area contributed by atoms with Crippen molar-refractivity contribution in [3.05, 3.63) is 0 Å². The average Bonchev–Trinajstić information content (AvgIpc) is 1.82. The minimum Gasteiger partial charge on any atom is -0.328 e. The lowest BCUT2D eigenvalue weighted by Gasteiger charge is -2.36. The van der Waals surface area contributed by atoms with E-state index in [2.05, 4.69) is 31.2 Å². The quantitative estimate of drug-likeness (QED) is 0.626. The Bertz CT molecular complexity index is 130. The monoisotopic (exact) mass is 171 g/mol. The molecule has 0 bridgehead atoms. The van der Waals surface area contributed by atoms with Crippen molar-refractivity contribution in [1.82, 2.24) is 10.2 Å². The van der Waals surface area contributed by atoms with Crippen molar-refractivity contribution in [1.29, 1.82) is 0 Å². The van der Waals surface area contributed by atoms with E-state index in [0.717, 1.165) is 19.4 Å². The molecule has 1 aliphatic rings. The van der Waals surface area contributed by atoms with Gasteiger partial charge in [0, 0.05) is 24.7 Å². The molecule has 1 fully saturated rings. The topological polar surface area (TPSA) is 41.3 Å². The van der Waals surface area contributed by atoms with E-state index in [1.54, 1.807) is 0 Å². The highest BCUT2D eigenvalue weighted by molar-refractivity contribution is 4.89. The van der Waals surface area contributed by atoms with Crippen molar-refractivity contribution in [2.75, 3.05) is 20.6 Å². The van der Waals surface area contributed by atoms with Crippen molar-refractivity contribution in [3.63, 3.8) is 0 Å². The van der Waals surface area contributed by atoms with Gasteiger partial charge in [-0.2, -0.15) is 0 Å². The molecule has 1 aliphatic carbocycles. The molecule has 1 rings (SSSR count). The van der Waals surface area contributed by atoms with E-state index in [4.69, 9.17) is 5.73 Å². The molecule has 1 unspecified atom stereocenters. The Morgan fingerprint density at radius 2 is 2.08 bits per heavy atom. The summed E-state index contributed by atoms with van der Waals surface area (Å²) in [6.45, 7) is 3.33. The number of rotatable bonds is 4. The summed E-state index contributed by atoms with van der Waals surface area (Å²) in [7, 11) is 4.20. The fraction of sp³-hybridized carbons (Fsp3) is 1.00. The van der Waals surface area contributed by atoms with Crippen LogP contribution in [0.1, 0.15) is 19.8 Å². The molecule has 0 aromatic heterocycles. The Morgan fingerprint density at radius 1 is 1.50 bits per heavy atom. The summed E-state index contributed by atoms with van der Waals surface area (Å²) in [5.41, 5.74) is 5.70. The molecule has 0 spiro atoms. The van der Waals surface area contributed by atoms with Crippen LogP contribution in [0.15, 0.2) is 0 Å². The Hall–Kier alpha value is -0.120. The molecular weight excluding hydrogens is 150 g/mol. The number of likely N-dealkylation sites (N-methyl/N-ethyl adjacent to an activating group) is 1. The van der Waals surface area contributed by atoms with Gasteiger partial charge >= 0.3 is 0 Å². The summed E-state index contributed by atoms with van der Waals surface area (Å²) >= 11 is 0. The van der Waals surface area contributed by atoms with Crippen LogP contribution in [0.2, 0.25) is 0 Å². The highest BCUT2D eigenvalue weighted by atomic mass is 15.1. The Kier molecular flexibility index (Phi) is 3.50. The standard InChI is InChI=1S/C9H21N3/c1-7(6-12(2)3)11-9-4-8(10)5-9/h7-9,11H,4-6,10H2,1-3H3. The molecule has 1 atom stereocenters. The summed E-state index contributed by atoms with van der Waals surface area (Å²) in [6, 6.07) is 1.71. The molecule has 0 amide bonds. The first-order valence-corrected chi connectivity index (χ1v) is 4.74. The van der Waals surface area contributed by atoms with Crippen molar-refractivity contribution in [3.8, 4) is 0 Å². The zero-order valence-electron chi connectivity index (χ0n) is 8.38. The first-order valence-electron chi connectivity index (χ1n) is 4.74. The summed E-state index contributed by atoms with van der Waals surface area (Å²) in [6.07, 6.45) is 2.30. The van der Waals surface area contributed by atoms with E-state index in [-0.39, 0.29) is 0 Å². The molecular formula is C9H21N3. The fourth-order valence-corrected chi connectivity index (χ4v) is 1.80. The summed E-state index contributed by atoms with van der Waals surface area (Å²) in [5, 5.41) is 3.56. The third-order valence-corrected chi connectivity index (χ3v) is 2.33. The van der Waals surface area contributed by atoms with Crippen molar-refractivity contribution in [2.45, 2.75) is 37.9 Å². The minimum absolute atomic E-state index is 0.453. The predicted molar refractivity (Wildman–Crippen MR) is 52.1 cm³/mol. The first-order chi connectivity index (χ1) is 5.58.